The predicted octanol–water partition coefficient (Wildman–Crippen LogP) is 3.53. The van der Waals surface area contributed by atoms with E-state index in [0.29, 0.717) is 11.4 Å². The monoisotopic (exact) mass is 278 g/mol. The van der Waals surface area contributed by atoms with Gasteiger partial charge < -0.3 is 9.67 Å². The van der Waals surface area contributed by atoms with Crippen molar-refractivity contribution >= 4 is 11.6 Å². The average molecular weight is 279 g/mol. The lowest BCUT2D eigenvalue weighted by Crippen LogP contribution is -2.09. The van der Waals surface area contributed by atoms with Crippen LogP contribution in [0.25, 0.3) is 0 Å². The molecule has 1 N–H and O–H groups in total. The Hall–Kier alpha value is -1.32. The van der Waals surface area contributed by atoms with Crippen LogP contribution in [0.4, 0.5) is 0 Å². The van der Waals surface area contributed by atoms with Crippen LogP contribution in [-0.4, -0.2) is 14.7 Å². The fourth-order valence-electron chi connectivity index (χ4n) is 2.08. The number of nitrogens with zero attached hydrogens (tertiary/aromatic N) is 2. The van der Waals surface area contributed by atoms with Crippen molar-refractivity contribution in [2.45, 2.75) is 39.3 Å². The molecule has 1 heterocycles. The van der Waals surface area contributed by atoms with E-state index in [-0.39, 0.29) is 0 Å². The first kappa shape index (κ1) is 14.1. The molecule has 0 aliphatic heterocycles. The number of aliphatic hydroxyl groups excluding tert-OH is 1. The van der Waals surface area contributed by atoms with Gasteiger partial charge in [0.2, 0.25) is 0 Å². The summed E-state index contributed by atoms with van der Waals surface area (Å²) in [6.45, 7) is 5.00. The first-order chi connectivity index (χ1) is 9.11. The molecule has 3 nitrogen and oxygen atoms in total. The van der Waals surface area contributed by atoms with Crippen LogP contribution in [0.2, 0.25) is 5.02 Å². The van der Waals surface area contributed by atoms with Gasteiger partial charge in [-0.25, -0.2) is 4.98 Å². The number of benzene rings is 1. The summed E-state index contributed by atoms with van der Waals surface area (Å²) in [5.41, 5.74) is 1.85. The summed E-state index contributed by atoms with van der Waals surface area (Å²) in [5, 5.41) is 11.0. The SMILES string of the molecule is CCCn1ccnc1CC(O)c1ccc(C)c(Cl)c1. The predicted molar refractivity (Wildman–Crippen MR) is 77.4 cm³/mol. The van der Waals surface area contributed by atoms with E-state index in [0.717, 1.165) is 29.9 Å². The molecule has 0 saturated heterocycles. The maximum absolute atomic E-state index is 10.3. The molecule has 2 aromatic rings. The zero-order chi connectivity index (χ0) is 13.8. The summed E-state index contributed by atoms with van der Waals surface area (Å²) in [7, 11) is 0. The highest BCUT2D eigenvalue weighted by atomic mass is 35.5. The molecule has 2 rings (SSSR count). The van der Waals surface area contributed by atoms with Gasteiger partial charge in [0.05, 0.1) is 6.10 Å². The van der Waals surface area contributed by atoms with Gasteiger partial charge in [0.1, 0.15) is 5.82 Å². The van der Waals surface area contributed by atoms with Crippen molar-refractivity contribution in [3.8, 4) is 0 Å². The molecule has 0 saturated carbocycles. The Morgan fingerprint density at radius 2 is 2.21 bits per heavy atom. The minimum Gasteiger partial charge on any atom is -0.388 e. The highest BCUT2D eigenvalue weighted by molar-refractivity contribution is 6.31. The quantitative estimate of drug-likeness (QED) is 0.909. The van der Waals surface area contributed by atoms with E-state index in [1.54, 1.807) is 6.20 Å². The summed E-state index contributed by atoms with van der Waals surface area (Å²) < 4.78 is 2.08. The summed E-state index contributed by atoms with van der Waals surface area (Å²) >= 11 is 6.09. The van der Waals surface area contributed by atoms with Crippen LogP contribution in [0.3, 0.4) is 0 Å². The van der Waals surface area contributed by atoms with Gasteiger partial charge in [0, 0.05) is 30.4 Å². The van der Waals surface area contributed by atoms with Crippen LogP contribution in [0.5, 0.6) is 0 Å². The van der Waals surface area contributed by atoms with Crippen LogP contribution >= 0.6 is 11.6 Å². The third kappa shape index (κ3) is 3.37. The van der Waals surface area contributed by atoms with E-state index in [2.05, 4.69) is 16.5 Å². The molecule has 0 bridgehead atoms. The smallest absolute Gasteiger partial charge is 0.111 e. The van der Waals surface area contributed by atoms with Crippen LogP contribution in [0, 0.1) is 6.92 Å². The van der Waals surface area contributed by atoms with Crippen molar-refractivity contribution in [1.82, 2.24) is 9.55 Å². The van der Waals surface area contributed by atoms with E-state index in [1.165, 1.54) is 0 Å². The minimum absolute atomic E-state index is 0.506. The summed E-state index contributed by atoms with van der Waals surface area (Å²) in [5.74, 6) is 0.908. The standard InChI is InChI=1S/C15H19ClN2O/c1-3-7-18-8-6-17-15(18)10-14(19)12-5-4-11(2)13(16)9-12/h4-6,8-9,14,19H,3,7,10H2,1-2H3. The molecule has 1 atom stereocenters. The molecule has 0 fully saturated rings. The number of aryl methyl sites for hydroxylation is 2. The van der Waals surface area contributed by atoms with Crippen LogP contribution in [-0.2, 0) is 13.0 Å². The third-order valence-electron chi connectivity index (χ3n) is 3.22. The van der Waals surface area contributed by atoms with Gasteiger partial charge in [-0.2, -0.15) is 0 Å². The zero-order valence-electron chi connectivity index (χ0n) is 11.3. The summed E-state index contributed by atoms with van der Waals surface area (Å²) in [6, 6.07) is 5.67. The van der Waals surface area contributed by atoms with Gasteiger partial charge >= 0.3 is 0 Å². The molecule has 102 valence electrons. The van der Waals surface area contributed by atoms with Crippen molar-refractivity contribution in [3.63, 3.8) is 0 Å². The van der Waals surface area contributed by atoms with Gasteiger partial charge in [0.15, 0.2) is 0 Å². The van der Waals surface area contributed by atoms with E-state index in [1.807, 2.05) is 31.3 Å². The van der Waals surface area contributed by atoms with Crippen LogP contribution < -0.4 is 0 Å². The zero-order valence-corrected chi connectivity index (χ0v) is 12.1. The second kappa shape index (κ2) is 6.22. The lowest BCUT2D eigenvalue weighted by atomic mass is 10.0. The normalized spacial score (nSPS) is 12.6. The van der Waals surface area contributed by atoms with Crippen LogP contribution in [0.1, 0.15) is 36.4 Å². The second-order valence-electron chi connectivity index (χ2n) is 4.77. The highest BCUT2D eigenvalue weighted by Gasteiger charge is 2.13. The van der Waals surface area contributed by atoms with E-state index in [9.17, 15) is 5.11 Å². The molecule has 0 aliphatic rings. The maximum atomic E-state index is 10.3. The Kier molecular flexibility index (Phi) is 4.61. The Bertz CT molecular complexity index is 551. The molecule has 0 radical (unpaired) electrons. The largest absolute Gasteiger partial charge is 0.388 e. The molecule has 0 aliphatic carbocycles. The number of halogens is 1. The molecule has 4 heteroatoms. The average Bonchev–Trinajstić information content (AvgIpc) is 2.80. The van der Waals surface area contributed by atoms with Crippen molar-refractivity contribution in [2.75, 3.05) is 0 Å². The number of aliphatic hydroxyl groups is 1. The topological polar surface area (TPSA) is 38.0 Å². The lowest BCUT2D eigenvalue weighted by Gasteiger charge is -2.13. The molecule has 0 amide bonds. The number of hydrogen-bond acceptors (Lipinski definition) is 2. The fraction of sp³-hybridized carbons (Fsp3) is 0.400. The number of rotatable bonds is 5. The Balaban J connectivity index is 2.13. The second-order valence-corrected chi connectivity index (χ2v) is 5.17. The van der Waals surface area contributed by atoms with Gasteiger partial charge in [-0.3, -0.25) is 0 Å². The third-order valence-corrected chi connectivity index (χ3v) is 3.63. The summed E-state index contributed by atoms with van der Waals surface area (Å²) in [6.07, 6.45) is 4.71. The number of imidazole rings is 1. The number of aromatic nitrogens is 2. The number of hydrogen-bond donors (Lipinski definition) is 1. The maximum Gasteiger partial charge on any atom is 0.111 e. The van der Waals surface area contributed by atoms with Crippen molar-refractivity contribution < 1.29 is 5.11 Å². The first-order valence-electron chi connectivity index (χ1n) is 6.56. The van der Waals surface area contributed by atoms with E-state index < -0.39 is 6.10 Å². The van der Waals surface area contributed by atoms with Gasteiger partial charge in [-0.15, -0.1) is 0 Å². The van der Waals surface area contributed by atoms with Crippen molar-refractivity contribution in [3.05, 3.63) is 52.6 Å². The Labute approximate surface area is 118 Å². The van der Waals surface area contributed by atoms with Gasteiger partial charge in [-0.05, 0) is 30.5 Å². The lowest BCUT2D eigenvalue weighted by molar-refractivity contribution is 0.174. The highest BCUT2D eigenvalue weighted by Crippen LogP contribution is 2.23. The molecule has 0 spiro atoms. The molecular formula is C15H19ClN2O. The van der Waals surface area contributed by atoms with Gasteiger partial charge in [-0.1, -0.05) is 30.7 Å². The van der Waals surface area contributed by atoms with E-state index in [4.69, 9.17) is 11.6 Å². The molecule has 19 heavy (non-hydrogen) atoms. The first-order valence-corrected chi connectivity index (χ1v) is 6.93. The van der Waals surface area contributed by atoms with Gasteiger partial charge in [0.25, 0.3) is 0 Å². The molecule has 1 aromatic heterocycles. The van der Waals surface area contributed by atoms with Crippen molar-refractivity contribution in [2.24, 2.45) is 0 Å². The molecule has 1 aromatic carbocycles. The fourth-order valence-corrected chi connectivity index (χ4v) is 2.27. The Morgan fingerprint density at radius 1 is 1.42 bits per heavy atom. The minimum atomic E-state index is -0.573. The molecular weight excluding hydrogens is 260 g/mol. The Morgan fingerprint density at radius 3 is 2.89 bits per heavy atom. The van der Waals surface area contributed by atoms with Crippen molar-refractivity contribution in [1.29, 1.82) is 0 Å². The van der Waals surface area contributed by atoms with Crippen LogP contribution in [0.15, 0.2) is 30.6 Å². The molecule has 1 unspecified atom stereocenters. The van der Waals surface area contributed by atoms with E-state index >= 15 is 0 Å². The summed E-state index contributed by atoms with van der Waals surface area (Å²) in [4.78, 5) is 4.31.